The summed E-state index contributed by atoms with van der Waals surface area (Å²) in [5.74, 6) is 0.0286. The minimum atomic E-state index is -4.57. The Morgan fingerprint density at radius 2 is 1.67 bits per heavy atom. The van der Waals surface area contributed by atoms with Crippen LogP contribution in [0, 0.1) is 5.92 Å². The second-order valence-corrected chi connectivity index (χ2v) is 5.82. The van der Waals surface area contributed by atoms with Gasteiger partial charge in [0.15, 0.2) is 5.60 Å². The Labute approximate surface area is 106 Å². The molecule has 1 fully saturated rings. The van der Waals surface area contributed by atoms with Crippen molar-refractivity contribution in [2.24, 2.45) is 5.92 Å². The maximum atomic E-state index is 12.6. The highest BCUT2D eigenvalue weighted by molar-refractivity contribution is 4.93. The van der Waals surface area contributed by atoms with E-state index in [1.807, 2.05) is 13.8 Å². The van der Waals surface area contributed by atoms with E-state index < -0.39 is 17.4 Å². The highest BCUT2D eigenvalue weighted by Gasteiger charge is 2.54. The SMILES string of the molecule is CC(C)C(C)(O)CN1CCC(O)(C(F)(F)F)CC1. The lowest BCUT2D eigenvalue weighted by molar-refractivity contribution is -0.273. The highest BCUT2D eigenvalue weighted by Crippen LogP contribution is 2.38. The summed E-state index contributed by atoms with van der Waals surface area (Å²) >= 11 is 0. The monoisotopic (exact) mass is 269 g/mol. The van der Waals surface area contributed by atoms with Gasteiger partial charge in [0.1, 0.15) is 0 Å². The van der Waals surface area contributed by atoms with E-state index in [1.54, 1.807) is 11.8 Å². The van der Waals surface area contributed by atoms with Crippen molar-refractivity contribution in [2.75, 3.05) is 19.6 Å². The third-order valence-corrected chi connectivity index (χ3v) is 4.00. The minimum absolute atomic E-state index is 0.0286. The number of aliphatic hydroxyl groups is 2. The number of piperidine rings is 1. The molecule has 1 heterocycles. The Morgan fingerprint density at radius 1 is 1.22 bits per heavy atom. The summed E-state index contributed by atoms with van der Waals surface area (Å²) < 4.78 is 37.8. The summed E-state index contributed by atoms with van der Waals surface area (Å²) in [6.45, 7) is 6.06. The van der Waals surface area contributed by atoms with Crippen LogP contribution in [-0.4, -0.2) is 52.1 Å². The number of hydrogen-bond donors (Lipinski definition) is 2. The zero-order valence-corrected chi connectivity index (χ0v) is 11.1. The van der Waals surface area contributed by atoms with Crippen molar-refractivity contribution in [3.8, 4) is 0 Å². The van der Waals surface area contributed by atoms with E-state index >= 15 is 0 Å². The van der Waals surface area contributed by atoms with Crippen LogP contribution in [-0.2, 0) is 0 Å². The third-order valence-electron chi connectivity index (χ3n) is 4.00. The van der Waals surface area contributed by atoms with Gasteiger partial charge in [-0.1, -0.05) is 13.8 Å². The van der Waals surface area contributed by atoms with Gasteiger partial charge in [0, 0.05) is 19.6 Å². The summed E-state index contributed by atoms with van der Waals surface area (Å²) in [4.78, 5) is 1.78. The molecule has 0 aromatic heterocycles. The first-order valence-corrected chi connectivity index (χ1v) is 6.22. The van der Waals surface area contributed by atoms with Crippen molar-refractivity contribution < 1.29 is 23.4 Å². The van der Waals surface area contributed by atoms with Gasteiger partial charge in [0.25, 0.3) is 0 Å². The van der Waals surface area contributed by atoms with Gasteiger partial charge in [0.05, 0.1) is 5.60 Å². The van der Waals surface area contributed by atoms with Gasteiger partial charge in [-0.25, -0.2) is 0 Å². The Hall–Kier alpha value is -0.330. The molecule has 0 aromatic carbocycles. The number of alkyl halides is 3. The second kappa shape index (κ2) is 4.98. The second-order valence-electron chi connectivity index (χ2n) is 5.82. The maximum absolute atomic E-state index is 12.6. The summed E-state index contributed by atoms with van der Waals surface area (Å²) in [5, 5.41) is 19.6. The van der Waals surface area contributed by atoms with Crippen molar-refractivity contribution in [2.45, 2.75) is 51.0 Å². The Balaban J connectivity index is 2.55. The molecule has 0 radical (unpaired) electrons. The van der Waals surface area contributed by atoms with Crippen molar-refractivity contribution in [3.05, 3.63) is 0 Å². The van der Waals surface area contributed by atoms with E-state index in [4.69, 9.17) is 0 Å². The average molecular weight is 269 g/mol. The molecule has 1 aliphatic rings. The number of rotatable bonds is 3. The largest absolute Gasteiger partial charge is 0.417 e. The molecule has 0 saturated carbocycles. The van der Waals surface area contributed by atoms with Crippen LogP contribution in [0.5, 0.6) is 0 Å². The first kappa shape index (κ1) is 15.7. The predicted octanol–water partition coefficient (Wildman–Crippen LogP) is 1.78. The van der Waals surface area contributed by atoms with Crippen LogP contribution in [0.1, 0.15) is 33.6 Å². The average Bonchev–Trinajstić information content (AvgIpc) is 2.19. The van der Waals surface area contributed by atoms with Gasteiger partial charge in [0.2, 0.25) is 0 Å². The van der Waals surface area contributed by atoms with E-state index in [-0.39, 0.29) is 31.8 Å². The van der Waals surface area contributed by atoms with E-state index in [2.05, 4.69) is 0 Å². The molecule has 6 heteroatoms. The first-order chi connectivity index (χ1) is 7.98. The molecule has 0 bridgehead atoms. The van der Waals surface area contributed by atoms with Gasteiger partial charge >= 0.3 is 6.18 Å². The van der Waals surface area contributed by atoms with Gasteiger partial charge in [-0.3, -0.25) is 0 Å². The number of halogens is 3. The predicted molar refractivity (Wildman–Crippen MR) is 62.1 cm³/mol. The van der Waals surface area contributed by atoms with Gasteiger partial charge in [-0.2, -0.15) is 13.2 Å². The van der Waals surface area contributed by atoms with Crippen molar-refractivity contribution in [1.82, 2.24) is 4.90 Å². The van der Waals surface area contributed by atoms with Crippen molar-refractivity contribution in [1.29, 1.82) is 0 Å². The molecule has 1 rings (SSSR count). The molecule has 1 atom stereocenters. The van der Waals surface area contributed by atoms with Crippen LogP contribution < -0.4 is 0 Å². The van der Waals surface area contributed by atoms with Crippen LogP contribution in [0.3, 0.4) is 0 Å². The van der Waals surface area contributed by atoms with Crippen LogP contribution in [0.2, 0.25) is 0 Å². The lowest BCUT2D eigenvalue weighted by Crippen LogP contribution is -2.56. The molecule has 3 nitrogen and oxygen atoms in total. The quantitative estimate of drug-likeness (QED) is 0.821. The van der Waals surface area contributed by atoms with Gasteiger partial charge in [-0.05, 0) is 25.7 Å². The minimum Gasteiger partial charge on any atom is -0.389 e. The van der Waals surface area contributed by atoms with E-state index in [1.165, 1.54) is 0 Å². The first-order valence-electron chi connectivity index (χ1n) is 6.22. The lowest BCUT2D eigenvalue weighted by Gasteiger charge is -2.42. The summed E-state index contributed by atoms with van der Waals surface area (Å²) in [5.41, 5.74) is -3.49. The Bertz CT molecular complexity index is 282. The van der Waals surface area contributed by atoms with Crippen molar-refractivity contribution in [3.63, 3.8) is 0 Å². The van der Waals surface area contributed by atoms with Gasteiger partial charge < -0.3 is 15.1 Å². The normalized spacial score (nSPS) is 25.2. The maximum Gasteiger partial charge on any atom is 0.417 e. The standard InChI is InChI=1S/C12H22F3NO2/c1-9(2)10(3,17)8-16-6-4-11(18,5-7-16)12(13,14)15/h9,17-18H,4-8H2,1-3H3. The van der Waals surface area contributed by atoms with Crippen LogP contribution in [0.4, 0.5) is 13.2 Å². The highest BCUT2D eigenvalue weighted by atomic mass is 19.4. The molecule has 2 N–H and O–H groups in total. The number of hydrogen-bond acceptors (Lipinski definition) is 3. The molecular formula is C12H22F3NO2. The lowest BCUT2D eigenvalue weighted by atomic mass is 9.87. The summed E-state index contributed by atoms with van der Waals surface area (Å²) in [7, 11) is 0. The van der Waals surface area contributed by atoms with E-state index in [9.17, 15) is 23.4 Å². The van der Waals surface area contributed by atoms with Crippen molar-refractivity contribution >= 4 is 0 Å². The zero-order chi connectivity index (χ0) is 14.2. The topological polar surface area (TPSA) is 43.7 Å². The third kappa shape index (κ3) is 3.36. The molecule has 0 aromatic rings. The molecular weight excluding hydrogens is 247 g/mol. The van der Waals surface area contributed by atoms with Crippen LogP contribution in [0.15, 0.2) is 0 Å². The zero-order valence-electron chi connectivity index (χ0n) is 11.1. The smallest absolute Gasteiger partial charge is 0.389 e. The fourth-order valence-electron chi connectivity index (χ4n) is 2.00. The van der Waals surface area contributed by atoms with E-state index in [0.29, 0.717) is 6.54 Å². The molecule has 0 amide bonds. The molecule has 1 unspecified atom stereocenters. The molecule has 0 aliphatic carbocycles. The van der Waals surface area contributed by atoms with Gasteiger partial charge in [-0.15, -0.1) is 0 Å². The molecule has 1 aliphatic heterocycles. The molecule has 0 spiro atoms. The summed E-state index contributed by atoms with van der Waals surface area (Å²) in [6.07, 6.45) is -5.23. The summed E-state index contributed by atoms with van der Waals surface area (Å²) in [6, 6.07) is 0. The molecule has 18 heavy (non-hydrogen) atoms. The number of nitrogens with zero attached hydrogens (tertiary/aromatic N) is 1. The van der Waals surface area contributed by atoms with Crippen LogP contribution >= 0.6 is 0 Å². The fraction of sp³-hybridized carbons (Fsp3) is 1.00. The molecule has 1 saturated heterocycles. The fourth-order valence-corrected chi connectivity index (χ4v) is 2.00. The van der Waals surface area contributed by atoms with Crippen LogP contribution in [0.25, 0.3) is 0 Å². The number of likely N-dealkylation sites (tertiary alicyclic amines) is 1. The molecule has 108 valence electrons. The van der Waals surface area contributed by atoms with E-state index in [0.717, 1.165) is 0 Å². The Kier molecular flexibility index (Phi) is 4.35. The number of β-amino-alcohol motifs (C(OH)–C–C–N with tert-alkyl or cyclic N) is 1. The Morgan fingerprint density at radius 3 is 2.00 bits per heavy atom.